The van der Waals surface area contributed by atoms with Crippen LogP contribution in [0.15, 0.2) is 9.90 Å². The highest BCUT2D eigenvalue weighted by Crippen LogP contribution is 2.31. The molecule has 9 heteroatoms. The summed E-state index contributed by atoms with van der Waals surface area (Å²) in [5.41, 5.74) is 2.21. The van der Waals surface area contributed by atoms with Gasteiger partial charge in [0.1, 0.15) is 5.76 Å². The van der Waals surface area contributed by atoms with Crippen molar-refractivity contribution in [3.05, 3.63) is 28.1 Å². The minimum atomic E-state index is -0.311. The lowest BCUT2D eigenvalue weighted by Gasteiger charge is -2.48. The van der Waals surface area contributed by atoms with E-state index in [1.165, 1.54) is 11.5 Å². The fraction of sp³-hybridized carbons (Fsp3) is 0.647. The molecule has 2 aromatic rings. The minimum absolute atomic E-state index is 0.0516. The highest BCUT2D eigenvalue weighted by atomic mass is 32.1. The van der Waals surface area contributed by atoms with E-state index >= 15 is 0 Å². The molecule has 4 rings (SSSR count). The first-order valence-electron chi connectivity index (χ1n) is 8.91. The molecular formula is C17H23N5O3S. The van der Waals surface area contributed by atoms with Crippen LogP contribution in [0.4, 0.5) is 0 Å². The fourth-order valence-corrected chi connectivity index (χ4v) is 4.39. The van der Waals surface area contributed by atoms with Crippen molar-refractivity contribution in [1.82, 2.24) is 24.5 Å². The molecule has 0 aliphatic carbocycles. The van der Waals surface area contributed by atoms with Crippen LogP contribution in [0, 0.1) is 13.8 Å². The molecule has 2 aliphatic rings. The Bertz CT molecular complexity index is 754. The van der Waals surface area contributed by atoms with Gasteiger partial charge in [0.05, 0.1) is 24.4 Å². The minimum Gasteiger partial charge on any atom is -0.370 e. The van der Waals surface area contributed by atoms with Gasteiger partial charge in [-0.3, -0.25) is 9.69 Å². The molecule has 0 radical (unpaired) electrons. The van der Waals surface area contributed by atoms with E-state index < -0.39 is 0 Å². The van der Waals surface area contributed by atoms with Crippen molar-refractivity contribution in [3.63, 3.8) is 0 Å². The van der Waals surface area contributed by atoms with E-state index in [4.69, 9.17) is 9.26 Å². The lowest BCUT2D eigenvalue weighted by molar-refractivity contribution is -0.133. The maximum Gasteiger partial charge on any atom is 0.275 e. The van der Waals surface area contributed by atoms with E-state index in [2.05, 4.69) is 19.6 Å². The molecule has 2 aromatic heterocycles. The van der Waals surface area contributed by atoms with Gasteiger partial charge < -0.3 is 14.2 Å². The average Bonchev–Trinajstić information content (AvgIpc) is 3.27. The van der Waals surface area contributed by atoms with Crippen molar-refractivity contribution in [2.24, 2.45) is 0 Å². The molecule has 8 nitrogen and oxygen atoms in total. The Hall–Kier alpha value is -1.84. The van der Waals surface area contributed by atoms with E-state index in [1.807, 2.05) is 18.7 Å². The summed E-state index contributed by atoms with van der Waals surface area (Å²) < 4.78 is 15.3. The van der Waals surface area contributed by atoms with E-state index in [1.54, 1.807) is 5.38 Å². The van der Waals surface area contributed by atoms with E-state index in [-0.39, 0.29) is 11.5 Å². The predicted octanol–water partition coefficient (Wildman–Crippen LogP) is 1.65. The first-order valence-corrected chi connectivity index (χ1v) is 9.74. The molecule has 0 aromatic carbocycles. The second-order valence-corrected chi connectivity index (χ2v) is 7.78. The van der Waals surface area contributed by atoms with Gasteiger partial charge in [0.2, 0.25) is 0 Å². The van der Waals surface area contributed by atoms with Gasteiger partial charge in [-0.15, -0.1) is 5.10 Å². The highest BCUT2D eigenvalue weighted by molar-refractivity contribution is 7.03. The number of aryl methyl sites for hydroxylation is 2. The predicted molar refractivity (Wildman–Crippen MR) is 95.0 cm³/mol. The fourth-order valence-electron chi connectivity index (χ4n) is 3.96. The van der Waals surface area contributed by atoms with Crippen LogP contribution in [-0.2, 0) is 11.3 Å². The Morgan fingerprint density at radius 2 is 2.23 bits per heavy atom. The zero-order valence-electron chi connectivity index (χ0n) is 15.1. The number of amides is 1. The largest absolute Gasteiger partial charge is 0.370 e. The summed E-state index contributed by atoms with van der Waals surface area (Å²) in [7, 11) is 0. The van der Waals surface area contributed by atoms with Crippen LogP contribution in [-0.4, -0.2) is 68.8 Å². The van der Waals surface area contributed by atoms with Crippen LogP contribution in [0.5, 0.6) is 0 Å². The summed E-state index contributed by atoms with van der Waals surface area (Å²) in [4.78, 5) is 16.9. The van der Waals surface area contributed by atoms with Crippen molar-refractivity contribution < 1.29 is 14.1 Å². The number of carbonyl (C=O) groups is 1. The summed E-state index contributed by atoms with van der Waals surface area (Å²) in [6.45, 7) is 8.30. The number of morpholine rings is 1. The number of aromatic nitrogens is 3. The zero-order chi connectivity index (χ0) is 18.1. The standard InChI is InChI=1S/C17H23N5O3S/c1-12-14(13(2)25-19-12)8-21-5-3-4-17(10-21)11-22(6-7-24-17)16(23)15-9-26-20-18-15/h9H,3-8,10-11H2,1-2H3. The molecule has 4 heterocycles. The first kappa shape index (κ1) is 17.6. The molecule has 1 atom stereocenters. The number of hydrogen-bond donors (Lipinski definition) is 0. The van der Waals surface area contributed by atoms with Crippen molar-refractivity contribution >= 4 is 17.4 Å². The summed E-state index contributed by atoms with van der Waals surface area (Å²) in [6.07, 6.45) is 2.01. The lowest BCUT2D eigenvalue weighted by atomic mass is 9.90. The number of likely N-dealkylation sites (tertiary alicyclic amines) is 1. The molecule has 0 N–H and O–H groups in total. The Balaban J connectivity index is 1.46. The van der Waals surface area contributed by atoms with Crippen LogP contribution in [0.2, 0.25) is 0 Å². The molecule has 0 bridgehead atoms. The number of nitrogens with zero attached hydrogens (tertiary/aromatic N) is 5. The molecule has 2 saturated heterocycles. The van der Waals surface area contributed by atoms with Gasteiger partial charge in [0.15, 0.2) is 5.69 Å². The number of piperidine rings is 1. The number of ether oxygens (including phenoxy) is 1. The third-order valence-corrected chi connectivity index (χ3v) is 5.80. The van der Waals surface area contributed by atoms with E-state index in [9.17, 15) is 4.79 Å². The molecule has 26 heavy (non-hydrogen) atoms. The third kappa shape index (κ3) is 3.38. The number of hydrogen-bond acceptors (Lipinski definition) is 8. The van der Waals surface area contributed by atoms with Crippen LogP contribution < -0.4 is 0 Å². The van der Waals surface area contributed by atoms with Crippen LogP contribution >= 0.6 is 11.5 Å². The van der Waals surface area contributed by atoms with Gasteiger partial charge >= 0.3 is 0 Å². The first-order chi connectivity index (χ1) is 12.6. The maximum atomic E-state index is 12.7. The molecule has 140 valence electrons. The molecule has 1 amide bonds. The summed E-state index contributed by atoms with van der Waals surface area (Å²) in [6, 6.07) is 0. The Kier molecular flexibility index (Phi) is 4.76. The van der Waals surface area contributed by atoms with Crippen LogP contribution in [0.1, 0.15) is 40.3 Å². The van der Waals surface area contributed by atoms with E-state index in [0.717, 1.165) is 49.5 Å². The van der Waals surface area contributed by atoms with Crippen LogP contribution in [0.25, 0.3) is 0 Å². The van der Waals surface area contributed by atoms with Gasteiger partial charge in [-0.2, -0.15) is 0 Å². The van der Waals surface area contributed by atoms with Crippen LogP contribution in [0.3, 0.4) is 0 Å². The third-order valence-electron chi connectivity index (χ3n) is 5.30. The van der Waals surface area contributed by atoms with Crippen molar-refractivity contribution in [2.75, 3.05) is 32.8 Å². The lowest BCUT2D eigenvalue weighted by Crippen LogP contribution is -2.60. The normalized spacial score (nSPS) is 24.3. The van der Waals surface area contributed by atoms with E-state index in [0.29, 0.717) is 25.4 Å². The van der Waals surface area contributed by atoms with Gasteiger partial charge in [-0.25, -0.2) is 0 Å². The summed E-state index contributed by atoms with van der Waals surface area (Å²) in [5.74, 6) is 0.823. The molecule has 0 saturated carbocycles. The summed E-state index contributed by atoms with van der Waals surface area (Å²) >= 11 is 1.20. The van der Waals surface area contributed by atoms with Crippen molar-refractivity contribution in [2.45, 2.75) is 38.8 Å². The van der Waals surface area contributed by atoms with Gasteiger partial charge in [0.25, 0.3) is 5.91 Å². The molecule has 2 fully saturated rings. The zero-order valence-corrected chi connectivity index (χ0v) is 15.9. The highest BCUT2D eigenvalue weighted by Gasteiger charge is 2.42. The SMILES string of the molecule is Cc1noc(C)c1CN1CCCC2(C1)CN(C(=O)c1csnn1)CCO2. The van der Waals surface area contributed by atoms with Crippen molar-refractivity contribution in [3.8, 4) is 0 Å². The van der Waals surface area contributed by atoms with Crippen molar-refractivity contribution in [1.29, 1.82) is 0 Å². The van der Waals surface area contributed by atoms with Gasteiger partial charge in [0, 0.05) is 30.6 Å². The van der Waals surface area contributed by atoms with Gasteiger partial charge in [-0.1, -0.05) is 9.64 Å². The smallest absolute Gasteiger partial charge is 0.275 e. The second-order valence-electron chi connectivity index (χ2n) is 7.17. The monoisotopic (exact) mass is 377 g/mol. The maximum absolute atomic E-state index is 12.7. The summed E-state index contributed by atoms with van der Waals surface area (Å²) in [5, 5.41) is 9.67. The average molecular weight is 377 g/mol. The topological polar surface area (TPSA) is 84.6 Å². The Morgan fingerprint density at radius 1 is 1.35 bits per heavy atom. The molecule has 1 unspecified atom stereocenters. The van der Waals surface area contributed by atoms with Gasteiger partial charge in [-0.05, 0) is 44.8 Å². The Labute approximate surface area is 156 Å². The second kappa shape index (κ2) is 7.05. The molecule has 1 spiro atoms. The Morgan fingerprint density at radius 3 is 2.96 bits per heavy atom. The quantitative estimate of drug-likeness (QED) is 0.804. The number of carbonyl (C=O) groups excluding carboxylic acids is 1. The molecule has 2 aliphatic heterocycles. The molecular weight excluding hydrogens is 354 g/mol. The number of rotatable bonds is 3.